The minimum Gasteiger partial charge on any atom is -0.492 e. The Bertz CT molecular complexity index is 1230. The van der Waals surface area contributed by atoms with E-state index >= 15 is 0 Å². The summed E-state index contributed by atoms with van der Waals surface area (Å²) >= 11 is 0. The average Bonchev–Trinajstić information content (AvgIpc) is 2.81. The first-order valence-corrected chi connectivity index (χ1v) is 11.4. The summed E-state index contributed by atoms with van der Waals surface area (Å²) in [6.45, 7) is 8.16. The Morgan fingerprint density at radius 1 is 1.06 bits per heavy atom. The number of para-hydroxylation sites is 1. The van der Waals surface area contributed by atoms with Crippen molar-refractivity contribution in [1.82, 2.24) is 14.9 Å². The standard InChI is InChI=1S/C26H33N3O6/c1-17(27-24(33)35-25(2,3)4)22-28-19-12-9-13-20(34-16-26(5,14-30)15-31)21(19)23(32)29(22)18-10-7-6-8-11-18/h6-13,17,30-31H,14-16H2,1-5H3,(H,27,33)/t17-/m0/s1. The maximum atomic E-state index is 13.9. The molecule has 2 aromatic carbocycles. The van der Waals surface area contributed by atoms with E-state index in [9.17, 15) is 19.8 Å². The Labute approximate surface area is 204 Å². The molecule has 0 bridgehead atoms. The lowest BCUT2D eigenvalue weighted by molar-refractivity contribution is 0.0291. The van der Waals surface area contributed by atoms with Crippen molar-refractivity contribution in [3.8, 4) is 11.4 Å². The SMILES string of the molecule is C[C@H](NC(=O)OC(C)(C)C)c1nc2cccc(OCC(C)(CO)CO)c2c(=O)n1-c1ccccc1. The van der Waals surface area contributed by atoms with Gasteiger partial charge >= 0.3 is 6.09 Å². The Morgan fingerprint density at radius 3 is 2.31 bits per heavy atom. The summed E-state index contributed by atoms with van der Waals surface area (Å²) in [7, 11) is 0. The summed E-state index contributed by atoms with van der Waals surface area (Å²) in [5.41, 5.74) is -0.963. The highest BCUT2D eigenvalue weighted by Gasteiger charge is 2.26. The minimum absolute atomic E-state index is 0.00223. The van der Waals surface area contributed by atoms with Crippen LogP contribution < -0.4 is 15.6 Å². The number of aromatic nitrogens is 2. The highest BCUT2D eigenvalue weighted by molar-refractivity contribution is 5.84. The number of ether oxygens (including phenoxy) is 2. The third kappa shape index (κ3) is 6.17. The molecule has 0 radical (unpaired) electrons. The number of carbonyl (C=O) groups excluding carboxylic acids is 1. The van der Waals surface area contributed by atoms with Gasteiger partial charge in [0.05, 0.1) is 37.1 Å². The molecule has 0 aliphatic rings. The van der Waals surface area contributed by atoms with E-state index in [-0.39, 0.29) is 36.5 Å². The van der Waals surface area contributed by atoms with E-state index in [0.717, 1.165) is 0 Å². The number of alkyl carbamates (subject to hydrolysis) is 1. The maximum Gasteiger partial charge on any atom is 0.408 e. The molecule has 188 valence electrons. The lowest BCUT2D eigenvalue weighted by Gasteiger charge is -2.25. The molecule has 9 heteroatoms. The summed E-state index contributed by atoms with van der Waals surface area (Å²) in [5, 5.41) is 22.2. The van der Waals surface area contributed by atoms with Crippen LogP contribution in [0.25, 0.3) is 16.6 Å². The molecule has 3 aromatic rings. The van der Waals surface area contributed by atoms with Gasteiger partial charge in [-0.1, -0.05) is 31.2 Å². The molecule has 0 spiro atoms. The van der Waals surface area contributed by atoms with Crippen molar-refractivity contribution >= 4 is 17.0 Å². The number of hydrogen-bond donors (Lipinski definition) is 3. The topological polar surface area (TPSA) is 123 Å². The Kier molecular flexibility index (Phi) is 7.82. The predicted molar refractivity (Wildman–Crippen MR) is 133 cm³/mol. The number of aliphatic hydroxyl groups excluding tert-OH is 2. The normalized spacial score (nSPS) is 12.9. The van der Waals surface area contributed by atoms with Crippen molar-refractivity contribution in [2.24, 2.45) is 5.41 Å². The molecule has 1 atom stereocenters. The van der Waals surface area contributed by atoms with Crippen LogP contribution >= 0.6 is 0 Å². The number of fused-ring (bicyclic) bond motifs is 1. The molecule has 1 aromatic heterocycles. The van der Waals surface area contributed by atoms with Crippen LogP contribution in [0, 0.1) is 5.41 Å². The summed E-state index contributed by atoms with van der Waals surface area (Å²) in [6, 6.07) is 13.4. The number of amides is 1. The molecule has 0 saturated heterocycles. The van der Waals surface area contributed by atoms with Gasteiger partial charge in [0, 0.05) is 5.41 Å². The van der Waals surface area contributed by atoms with Crippen LogP contribution in [0.2, 0.25) is 0 Å². The van der Waals surface area contributed by atoms with Gasteiger partial charge in [-0.2, -0.15) is 0 Å². The Balaban J connectivity index is 2.13. The molecule has 0 aliphatic carbocycles. The predicted octanol–water partition coefficient (Wildman–Crippen LogP) is 3.34. The zero-order valence-corrected chi connectivity index (χ0v) is 20.7. The van der Waals surface area contributed by atoms with Crippen molar-refractivity contribution in [3.63, 3.8) is 0 Å². The lowest BCUT2D eigenvalue weighted by atomic mass is 9.94. The van der Waals surface area contributed by atoms with Crippen LogP contribution in [0.15, 0.2) is 53.3 Å². The molecule has 3 N–H and O–H groups in total. The quantitative estimate of drug-likeness (QED) is 0.449. The zero-order valence-electron chi connectivity index (χ0n) is 20.7. The second kappa shape index (κ2) is 10.5. The number of rotatable bonds is 8. The highest BCUT2D eigenvalue weighted by Crippen LogP contribution is 2.26. The number of nitrogens with one attached hydrogen (secondary N) is 1. The molecule has 35 heavy (non-hydrogen) atoms. The molecule has 1 heterocycles. The second-order valence-corrected chi connectivity index (χ2v) is 9.88. The van der Waals surface area contributed by atoms with Gasteiger partial charge in [0.15, 0.2) is 0 Å². The van der Waals surface area contributed by atoms with Gasteiger partial charge in [0.2, 0.25) is 0 Å². The van der Waals surface area contributed by atoms with Gasteiger partial charge in [-0.3, -0.25) is 9.36 Å². The number of nitrogens with zero attached hydrogens (tertiary/aromatic N) is 2. The maximum absolute atomic E-state index is 13.9. The third-order valence-electron chi connectivity index (χ3n) is 5.36. The van der Waals surface area contributed by atoms with Crippen molar-refractivity contribution in [3.05, 3.63) is 64.7 Å². The smallest absolute Gasteiger partial charge is 0.408 e. The van der Waals surface area contributed by atoms with Crippen LogP contribution in [-0.4, -0.2) is 51.3 Å². The van der Waals surface area contributed by atoms with Gasteiger partial charge in [0.25, 0.3) is 5.56 Å². The molecule has 3 rings (SSSR count). The molecule has 1 amide bonds. The number of carbonyl (C=O) groups is 1. The van der Waals surface area contributed by atoms with Crippen molar-refractivity contribution < 1.29 is 24.5 Å². The van der Waals surface area contributed by atoms with Gasteiger partial charge in [-0.25, -0.2) is 9.78 Å². The van der Waals surface area contributed by atoms with E-state index in [2.05, 4.69) is 5.32 Å². The molecule has 0 aliphatic heterocycles. The first-order valence-electron chi connectivity index (χ1n) is 11.4. The van der Waals surface area contributed by atoms with E-state index in [0.29, 0.717) is 17.0 Å². The Morgan fingerprint density at radius 2 is 1.71 bits per heavy atom. The Hall–Kier alpha value is -3.43. The summed E-state index contributed by atoms with van der Waals surface area (Å²) in [4.78, 5) is 31.0. The van der Waals surface area contributed by atoms with Gasteiger partial charge in [-0.05, 0) is 52.0 Å². The fourth-order valence-corrected chi connectivity index (χ4v) is 3.40. The zero-order chi connectivity index (χ0) is 25.8. The van der Waals surface area contributed by atoms with Gasteiger partial charge in [-0.15, -0.1) is 0 Å². The van der Waals surface area contributed by atoms with Crippen LogP contribution in [-0.2, 0) is 4.74 Å². The van der Waals surface area contributed by atoms with E-state index in [1.807, 2.05) is 6.07 Å². The van der Waals surface area contributed by atoms with Gasteiger partial charge in [0.1, 0.15) is 22.6 Å². The highest BCUT2D eigenvalue weighted by atomic mass is 16.6. The summed E-state index contributed by atoms with van der Waals surface area (Å²) in [6.07, 6.45) is -0.622. The largest absolute Gasteiger partial charge is 0.492 e. The third-order valence-corrected chi connectivity index (χ3v) is 5.36. The second-order valence-electron chi connectivity index (χ2n) is 9.88. The monoisotopic (exact) mass is 483 g/mol. The molecule has 0 unspecified atom stereocenters. The first kappa shape index (κ1) is 26.2. The summed E-state index contributed by atoms with van der Waals surface area (Å²) in [5.74, 6) is 0.615. The van der Waals surface area contributed by atoms with E-state index in [1.54, 1.807) is 77.1 Å². The fourth-order valence-electron chi connectivity index (χ4n) is 3.40. The minimum atomic E-state index is -0.875. The lowest BCUT2D eigenvalue weighted by Crippen LogP contribution is -2.37. The first-order chi connectivity index (χ1) is 16.5. The average molecular weight is 484 g/mol. The van der Waals surface area contributed by atoms with Crippen LogP contribution in [0.5, 0.6) is 5.75 Å². The van der Waals surface area contributed by atoms with E-state index < -0.39 is 23.2 Å². The fraction of sp³-hybridized carbons (Fsp3) is 0.423. The van der Waals surface area contributed by atoms with Crippen molar-refractivity contribution in [2.45, 2.75) is 46.3 Å². The molecule has 0 saturated carbocycles. The van der Waals surface area contributed by atoms with Crippen LogP contribution in [0.1, 0.15) is 46.5 Å². The molecule has 0 fully saturated rings. The van der Waals surface area contributed by atoms with Crippen LogP contribution in [0.4, 0.5) is 4.79 Å². The molecule has 9 nitrogen and oxygen atoms in total. The van der Waals surface area contributed by atoms with E-state index in [4.69, 9.17) is 14.5 Å². The summed E-state index contributed by atoms with van der Waals surface area (Å²) < 4.78 is 12.7. The molecular weight excluding hydrogens is 450 g/mol. The number of hydrogen-bond acceptors (Lipinski definition) is 7. The molecular formula is C26H33N3O6. The van der Waals surface area contributed by atoms with Crippen molar-refractivity contribution in [1.29, 1.82) is 0 Å². The van der Waals surface area contributed by atoms with Gasteiger partial charge < -0.3 is 25.0 Å². The number of benzene rings is 2. The van der Waals surface area contributed by atoms with Crippen LogP contribution in [0.3, 0.4) is 0 Å². The van der Waals surface area contributed by atoms with Crippen molar-refractivity contribution in [2.75, 3.05) is 19.8 Å². The van der Waals surface area contributed by atoms with E-state index in [1.165, 1.54) is 4.57 Å². The number of aliphatic hydroxyl groups is 2.